The van der Waals surface area contributed by atoms with E-state index in [9.17, 15) is 14.4 Å². The van der Waals surface area contributed by atoms with Crippen LogP contribution in [0.25, 0.3) is 0 Å². The van der Waals surface area contributed by atoms with E-state index in [2.05, 4.69) is 0 Å². The van der Waals surface area contributed by atoms with Crippen molar-refractivity contribution >= 4 is 18.4 Å². The molecule has 0 atom stereocenters. The molecule has 0 amide bonds. The summed E-state index contributed by atoms with van der Waals surface area (Å²) in [7, 11) is 0. The van der Waals surface area contributed by atoms with Crippen molar-refractivity contribution in [1.29, 1.82) is 0 Å². The Morgan fingerprint density at radius 1 is 1.06 bits per heavy atom. The van der Waals surface area contributed by atoms with Crippen molar-refractivity contribution in [2.45, 2.75) is 27.2 Å². The Hall–Kier alpha value is -1.59. The first kappa shape index (κ1) is 15.4. The zero-order valence-electron chi connectivity index (χ0n) is 10.4. The van der Waals surface area contributed by atoms with Crippen molar-refractivity contribution in [2.24, 2.45) is 5.41 Å². The summed E-state index contributed by atoms with van der Waals surface area (Å²) in [4.78, 5) is 31.8. The molecule has 0 aromatic rings. The van der Waals surface area contributed by atoms with Crippen LogP contribution in [0.5, 0.6) is 0 Å². The summed E-state index contributed by atoms with van der Waals surface area (Å²) < 4.78 is 14.5. The molecule has 0 saturated carbocycles. The Bertz CT molecular complexity index is 255. The summed E-state index contributed by atoms with van der Waals surface area (Å²) in [5, 5.41) is 0. The summed E-state index contributed by atoms with van der Waals surface area (Å²) in [6, 6.07) is 0. The molecule has 17 heavy (non-hydrogen) atoms. The third kappa shape index (κ3) is 6.55. The highest BCUT2D eigenvalue weighted by atomic mass is 16.6. The first-order valence-electron chi connectivity index (χ1n) is 5.28. The van der Waals surface area contributed by atoms with Gasteiger partial charge in [0, 0.05) is 13.8 Å². The van der Waals surface area contributed by atoms with Gasteiger partial charge in [0.1, 0.15) is 19.8 Å². The molecule has 0 rings (SSSR count). The number of ether oxygens (including phenoxy) is 3. The Kier molecular flexibility index (Phi) is 6.93. The number of hydrogen-bond donors (Lipinski definition) is 0. The molecule has 98 valence electrons. The van der Waals surface area contributed by atoms with E-state index >= 15 is 0 Å². The van der Waals surface area contributed by atoms with Crippen molar-refractivity contribution < 1.29 is 28.6 Å². The van der Waals surface area contributed by atoms with E-state index in [1.807, 2.05) is 6.92 Å². The highest BCUT2D eigenvalue weighted by Crippen LogP contribution is 2.23. The van der Waals surface area contributed by atoms with E-state index in [4.69, 9.17) is 14.2 Å². The number of rotatable bonds is 8. The molecular formula is C11H18O6. The van der Waals surface area contributed by atoms with Crippen LogP contribution in [-0.2, 0) is 28.6 Å². The molecule has 0 N–H and O–H groups in total. The van der Waals surface area contributed by atoms with Crippen LogP contribution in [-0.4, -0.2) is 38.2 Å². The van der Waals surface area contributed by atoms with Crippen molar-refractivity contribution in [3.8, 4) is 0 Å². The summed E-state index contributed by atoms with van der Waals surface area (Å²) in [6.45, 7) is 4.83. The minimum Gasteiger partial charge on any atom is -0.467 e. The summed E-state index contributed by atoms with van der Waals surface area (Å²) in [5.41, 5.74) is -0.682. The molecule has 0 heterocycles. The van der Waals surface area contributed by atoms with E-state index in [1.54, 1.807) is 0 Å². The first-order valence-corrected chi connectivity index (χ1v) is 5.28. The quantitative estimate of drug-likeness (QED) is 0.356. The fourth-order valence-corrected chi connectivity index (χ4v) is 1.15. The fourth-order valence-electron chi connectivity index (χ4n) is 1.15. The van der Waals surface area contributed by atoms with Gasteiger partial charge in [0.05, 0.1) is 5.41 Å². The van der Waals surface area contributed by atoms with Gasteiger partial charge in [-0.25, -0.2) is 0 Å². The molecule has 0 unspecified atom stereocenters. The van der Waals surface area contributed by atoms with E-state index < -0.39 is 17.4 Å². The van der Waals surface area contributed by atoms with E-state index in [0.29, 0.717) is 12.9 Å². The topological polar surface area (TPSA) is 78.9 Å². The van der Waals surface area contributed by atoms with Crippen molar-refractivity contribution in [2.75, 3.05) is 19.8 Å². The molecular weight excluding hydrogens is 228 g/mol. The molecule has 0 bridgehead atoms. The number of carbonyl (C=O) groups excluding carboxylic acids is 3. The van der Waals surface area contributed by atoms with Gasteiger partial charge in [-0.2, -0.15) is 0 Å². The lowest BCUT2D eigenvalue weighted by atomic mass is 9.88. The highest BCUT2D eigenvalue weighted by molar-refractivity contribution is 5.66. The van der Waals surface area contributed by atoms with Gasteiger partial charge in [-0.15, -0.1) is 0 Å². The Labute approximate surface area is 100 Å². The molecule has 0 aliphatic heterocycles. The Morgan fingerprint density at radius 2 is 1.53 bits per heavy atom. The fraction of sp³-hybridized carbons (Fsp3) is 0.727. The van der Waals surface area contributed by atoms with E-state index in [1.165, 1.54) is 13.8 Å². The maximum atomic E-state index is 10.8. The third-order valence-electron chi connectivity index (χ3n) is 2.37. The Morgan fingerprint density at radius 3 is 1.82 bits per heavy atom. The summed E-state index contributed by atoms with van der Waals surface area (Å²) in [6.07, 6.45) is 0.543. The predicted molar refractivity (Wildman–Crippen MR) is 58.0 cm³/mol. The van der Waals surface area contributed by atoms with Crippen LogP contribution in [0.4, 0.5) is 0 Å². The zero-order chi connectivity index (χ0) is 13.3. The van der Waals surface area contributed by atoms with Gasteiger partial charge in [0.25, 0.3) is 6.47 Å². The normalized spacial score (nSPS) is 10.5. The SMILES string of the molecule is CCC(COC=O)(COC(C)=O)COC(C)=O. The van der Waals surface area contributed by atoms with E-state index in [0.717, 1.165) is 0 Å². The van der Waals surface area contributed by atoms with Crippen LogP contribution < -0.4 is 0 Å². The van der Waals surface area contributed by atoms with Gasteiger partial charge in [0.2, 0.25) is 0 Å². The molecule has 0 radical (unpaired) electrons. The first-order chi connectivity index (χ1) is 7.95. The number of carbonyl (C=O) groups is 3. The predicted octanol–water partition coefficient (Wildman–Crippen LogP) is 0.682. The van der Waals surface area contributed by atoms with Gasteiger partial charge >= 0.3 is 11.9 Å². The molecule has 0 fully saturated rings. The van der Waals surface area contributed by atoms with Gasteiger partial charge in [-0.3, -0.25) is 14.4 Å². The lowest BCUT2D eigenvalue weighted by Crippen LogP contribution is -2.37. The molecule has 6 heteroatoms. The summed E-state index contributed by atoms with van der Waals surface area (Å²) in [5.74, 6) is -0.867. The van der Waals surface area contributed by atoms with Crippen LogP contribution in [0.3, 0.4) is 0 Å². The highest BCUT2D eigenvalue weighted by Gasteiger charge is 2.32. The molecule has 0 spiro atoms. The van der Waals surface area contributed by atoms with Crippen molar-refractivity contribution in [3.05, 3.63) is 0 Å². The van der Waals surface area contributed by atoms with Crippen LogP contribution in [0.1, 0.15) is 27.2 Å². The van der Waals surface area contributed by atoms with Crippen molar-refractivity contribution in [3.63, 3.8) is 0 Å². The van der Waals surface area contributed by atoms with Gasteiger partial charge in [-0.1, -0.05) is 6.92 Å². The zero-order valence-corrected chi connectivity index (χ0v) is 10.4. The smallest absolute Gasteiger partial charge is 0.302 e. The molecule has 0 aromatic carbocycles. The van der Waals surface area contributed by atoms with Gasteiger partial charge in [0.15, 0.2) is 0 Å². The second kappa shape index (κ2) is 7.65. The van der Waals surface area contributed by atoms with Crippen LogP contribution >= 0.6 is 0 Å². The second-order valence-corrected chi connectivity index (χ2v) is 3.82. The standard InChI is InChI=1S/C11H18O6/c1-4-11(5-15-8-12,6-16-9(2)13)7-17-10(3)14/h8H,4-7H2,1-3H3. The number of esters is 2. The second-order valence-electron chi connectivity index (χ2n) is 3.82. The maximum Gasteiger partial charge on any atom is 0.302 e. The van der Waals surface area contributed by atoms with E-state index in [-0.39, 0.29) is 19.8 Å². The molecule has 0 aliphatic carbocycles. The maximum absolute atomic E-state index is 10.8. The average Bonchev–Trinajstić information content (AvgIpc) is 2.28. The molecule has 0 aliphatic rings. The van der Waals surface area contributed by atoms with Gasteiger partial charge < -0.3 is 14.2 Å². The minimum absolute atomic E-state index is 0.0353. The monoisotopic (exact) mass is 246 g/mol. The summed E-state index contributed by atoms with van der Waals surface area (Å²) >= 11 is 0. The van der Waals surface area contributed by atoms with Crippen LogP contribution in [0.2, 0.25) is 0 Å². The van der Waals surface area contributed by atoms with Crippen LogP contribution in [0, 0.1) is 5.41 Å². The largest absolute Gasteiger partial charge is 0.467 e. The number of hydrogen-bond acceptors (Lipinski definition) is 6. The molecule has 0 aromatic heterocycles. The lowest BCUT2D eigenvalue weighted by molar-refractivity contribution is -0.156. The molecule has 0 saturated heterocycles. The average molecular weight is 246 g/mol. The van der Waals surface area contributed by atoms with Crippen LogP contribution in [0.15, 0.2) is 0 Å². The van der Waals surface area contributed by atoms with Crippen molar-refractivity contribution in [1.82, 2.24) is 0 Å². The minimum atomic E-state index is -0.682. The lowest BCUT2D eigenvalue weighted by Gasteiger charge is -2.29. The third-order valence-corrected chi connectivity index (χ3v) is 2.37. The Balaban J connectivity index is 4.53. The molecule has 6 nitrogen and oxygen atoms in total. The van der Waals surface area contributed by atoms with Gasteiger partial charge in [-0.05, 0) is 6.42 Å².